The van der Waals surface area contributed by atoms with Crippen molar-refractivity contribution in [1.29, 1.82) is 0 Å². The van der Waals surface area contributed by atoms with Gasteiger partial charge in [0.2, 0.25) is 0 Å². The monoisotopic (exact) mass is 178 g/mol. The molecule has 0 aliphatic rings. The number of hydrogen-bond donors (Lipinski definition) is 0. The molecule has 0 aromatic heterocycles. The van der Waals surface area contributed by atoms with Crippen molar-refractivity contribution in [2.75, 3.05) is 19.4 Å². The average molecular weight is 178 g/mol. The summed E-state index contributed by atoms with van der Waals surface area (Å²) in [6.45, 7) is 4.55. The van der Waals surface area contributed by atoms with Gasteiger partial charge in [0.25, 0.3) is 0 Å². The molecule has 0 spiro atoms. The van der Waals surface area contributed by atoms with Crippen molar-refractivity contribution in [2.45, 2.75) is 20.2 Å². The van der Waals surface area contributed by atoms with Gasteiger partial charge in [-0.05, 0) is 13.8 Å². The third kappa shape index (κ3) is 4.62. The Balaban J connectivity index is 3.91. The van der Waals surface area contributed by atoms with E-state index >= 15 is 0 Å². The SMILES string of the molecule is BCCP(=O)(OCC)OCC. The van der Waals surface area contributed by atoms with Crippen LogP contribution in [0.4, 0.5) is 0 Å². The molecule has 0 bridgehead atoms. The van der Waals surface area contributed by atoms with E-state index in [1.54, 1.807) is 0 Å². The molecule has 0 aromatic carbocycles. The van der Waals surface area contributed by atoms with Crippen LogP contribution in [0.3, 0.4) is 0 Å². The third-order valence-electron chi connectivity index (χ3n) is 1.15. The summed E-state index contributed by atoms with van der Waals surface area (Å²) < 4.78 is 21.7. The summed E-state index contributed by atoms with van der Waals surface area (Å²) in [6.07, 6.45) is 1.35. The lowest BCUT2D eigenvalue weighted by Gasteiger charge is -2.15. The van der Waals surface area contributed by atoms with Crippen molar-refractivity contribution in [3.05, 3.63) is 0 Å². The zero-order chi connectivity index (χ0) is 8.74. The quantitative estimate of drug-likeness (QED) is 0.454. The zero-order valence-electron chi connectivity index (χ0n) is 7.50. The Labute approximate surface area is 69.4 Å². The Morgan fingerprint density at radius 2 is 1.73 bits per heavy atom. The zero-order valence-corrected chi connectivity index (χ0v) is 8.39. The summed E-state index contributed by atoms with van der Waals surface area (Å²) in [5.41, 5.74) is 0. The second kappa shape index (κ2) is 5.81. The molecule has 3 nitrogen and oxygen atoms in total. The van der Waals surface area contributed by atoms with Crippen LogP contribution in [0.15, 0.2) is 0 Å². The van der Waals surface area contributed by atoms with Crippen molar-refractivity contribution in [3.63, 3.8) is 0 Å². The lowest BCUT2D eigenvalue weighted by molar-refractivity contribution is 0.221. The molecule has 0 unspecified atom stereocenters. The highest BCUT2D eigenvalue weighted by molar-refractivity contribution is 7.53. The smallest absolute Gasteiger partial charge is 0.309 e. The van der Waals surface area contributed by atoms with Gasteiger partial charge in [0, 0.05) is 6.16 Å². The molecule has 0 rings (SSSR count). The van der Waals surface area contributed by atoms with Gasteiger partial charge < -0.3 is 9.05 Å². The predicted octanol–water partition coefficient (Wildman–Crippen LogP) is 1.30. The second-order valence-electron chi connectivity index (χ2n) is 2.17. The minimum Gasteiger partial charge on any atom is -0.309 e. The van der Waals surface area contributed by atoms with Gasteiger partial charge in [-0.25, -0.2) is 0 Å². The molecule has 0 aliphatic carbocycles. The molecule has 0 amide bonds. The molecule has 5 heteroatoms. The minimum absolute atomic E-state index is 0.456. The van der Waals surface area contributed by atoms with Gasteiger partial charge in [0.1, 0.15) is 7.85 Å². The number of rotatable bonds is 6. The maximum atomic E-state index is 11.6. The van der Waals surface area contributed by atoms with Crippen molar-refractivity contribution in [1.82, 2.24) is 0 Å². The van der Waals surface area contributed by atoms with Crippen molar-refractivity contribution in [3.8, 4) is 0 Å². The largest absolute Gasteiger partial charge is 0.329 e. The molecule has 11 heavy (non-hydrogen) atoms. The van der Waals surface area contributed by atoms with Crippen LogP contribution >= 0.6 is 7.60 Å². The van der Waals surface area contributed by atoms with E-state index in [1.807, 2.05) is 21.7 Å². The fourth-order valence-electron chi connectivity index (χ4n) is 0.834. The Morgan fingerprint density at radius 3 is 2.00 bits per heavy atom. The van der Waals surface area contributed by atoms with Gasteiger partial charge in [-0.15, -0.1) is 0 Å². The third-order valence-corrected chi connectivity index (χ3v) is 3.45. The van der Waals surface area contributed by atoms with Gasteiger partial charge in [-0.2, -0.15) is 0 Å². The van der Waals surface area contributed by atoms with Crippen LogP contribution in [0.5, 0.6) is 0 Å². The predicted molar refractivity (Wildman–Crippen MR) is 49.1 cm³/mol. The van der Waals surface area contributed by atoms with Crippen LogP contribution in [0.1, 0.15) is 13.8 Å². The molecule has 0 aromatic rings. The Bertz CT molecular complexity index is 116. The van der Waals surface area contributed by atoms with E-state index in [2.05, 4.69) is 0 Å². The lowest BCUT2D eigenvalue weighted by atomic mass is 10.1. The molecule has 0 aliphatic heterocycles. The van der Waals surface area contributed by atoms with Crippen LogP contribution in [-0.4, -0.2) is 27.2 Å². The molecule has 0 saturated heterocycles. The first-order valence-electron chi connectivity index (χ1n) is 4.06. The van der Waals surface area contributed by atoms with Crippen molar-refractivity contribution >= 4 is 15.4 Å². The summed E-state index contributed by atoms with van der Waals surface area (Å²) in [5.74, 6) is 0. The Hall–Kier alpha value is 0.215. The molecule has 0 atom stereocenters. The average Bonchev–Trinajstić information content (AvgIpc) is 1.88. The molecule has 0 radical (unpaired) electrons. The van der Waals surface area contributed by atoms with Gasteiger partial charge in [-0.3, -0.25) is 4.57 Å². The Morgan fingerprint density at radius 1 is 1.27 bits per heavy atom. The molecular formula is C6H16BO3P. The first-order chi connectivity index (χ1) is 5.18. The van der Waals surface area contributed by atoms with Gasteiger partial charge >= 0.3 is 7.60 Å². The highest BCUT2D eigenvalue weighted by Crippen LogP contribution is 2.48. The van der Waals surface area contributed by atoms with E-state index in [0.29, 0.717) is 19.4 Å². The summed E-state index contributed by atoms with van der Waals surface area (Å²) in [5, 5.41) is 0. The fourth-order valence-corrected chi connectivity index (χ4v) is 2.50. The number of hydrogen-bond acceptors (Lipinski definition) is 3. The normalized spacial score (nSPS) is 11.8. The van der Waals surface area contributed by atoms with Crippen LogP contribution < -0.4 is 0 Å². The summed E-state index contributed by atoms with van der Waals surface area (Å²) in [4.78, 5) is 0. The topological polar surface area (TPSA) is 35.5 Å². The van der Waals surface area contributed by atoms with Crippen LogP contribution in [0.25, 0.3) is 0 Å². The Kier molecular flexibility index (Phi) is 5.93. The van der Waals surface area contributed by atoms with Crippen molar-refractivity contribution < 1.29 is 13.6 Å². The van der Waals surface area contributed by atoms with Gasteiger partial charge in [0.15, 0.2) is 0 Å². The standard InChI is InChI=1S/C6H16BO3P/c1-3-9-11(8,6-5-7)10-4-2/h3-7H2,1-2H3. The van der Waals surface area contributed by atoms with E-state index in [0.717, 1.165) is 6.32 Å². The van der Waals surface area contributed by atoms with E-state index in [4.69, 9.17) is 9.05 Å². The maximum absolute atomic E-state index is 11.6. The molecular weight excluding hydrogens is 162 g/mol. The fraction of sp³-hybridized carbons (Fsp3) is 1.00. The second-order valence-corrected chi connectivity index (χ2v) is 4.36. The molecule has 0 fully saturated rings. The minimum atomic E-state index is -2.72. The highest BCUT2D eigenvalue weighted by Gasteiger charge is 2.20. The summed E-state index contributed by atoms with van der Waals surface area (Å²) in [6, 6.07) is 0. The van der Waals surface area contributed by atoms with Gasteiger partial charge in [-0.1, -0.05) is 6.32 Å². The van der Waals surface area contributed by atoms with Crippen molar-refractivity contribution in [2.24, 2.45) is 0 Å². The maximum Gasteiger partial charge on any atom is 0.329 e. The first kappa shape index (κ1) is 11.2. The van der Waals surface area contributed by atoms with Crippen LogP contribution in [-0.2, 0) is 13.6 Å². The lowest BCUT2D eigenvalue weighted by Crippen LogP contribution is -1.99. The molecule has 0 N–H and O–H groups in total. The van der Waals surface area contributed by atoms with E-state index in [-0.39, 0.29) is 0 Å². The van der Waals surface area contributed by atoms with E-state index < -0.39 is 7.60 Å². The van der Waals surface area contributed by atoms with Crippen LogP contribution in [0.2, 0.25) is 6.32 Å². The molecule has 0 heterocycles. The van der Waals surface area contributed by atoms with E-state index in [9.17, 15) is 4.57 Å². The summed E-state index contributed by atoms with van der Waals surface area (Å²) in [7, 11) is -0.756. The molecule has 66 valence electrons. The van der Waals surface area contributed by atoms with Gasteiger partial charge in [0.05, 0.1) is 13.2 Å². The molecule has 0 saturated carbocycles. The van der Waals surface area contributed by atoms with Crippen LogP contribution in [0, 0.1) is 0 Å². The first-order valence-corrected chi connectivity index (χ1v) is 5.79. The van der Waals surface area contributed by atoms with E-state index in [1.165, 1.54) is 0 Å². The summed E-state index contributed by atoms with van der Waals surface area (Å²) >= 11 is 0. The highest BCUT2D eigenvalue weighted by atomic mass is 31.2.